The van der Waals surface area contributed by atoms with Gasteiger partial charge in [0, 0.05) is 28.2 Å². The second-order valence-corrected chi connectivity index (χ2v) is 17.1. The van der Waals surface area contributed by atoms with E-state index in [1.54, 1.807) is 6.20 Å². The summed E-state index contributed by atoms with van der Waals surface area (Å²) < 4.78 is 123. The van der Waals surface area contributed by atoms with Gasteiger partial charge in [0.2, 0.25) is 0 Å². The number of esters is 1. The Hall–Kier alpha value is -4.05. The smallest absolute Gasteiger partial charge is 0.493 e. The average molecular weight is 831 g/mol. The van der Waals surface area contributed by atoms with Crippen LogP contribution in [0, 0.1) is 11.8 Å². The fourth-order valence-corrected chi connectivity index (χ4v) is 9.70. The monoisotopic (exact) mass is 830 g/mol. The third kappa shape index (κ3) is 7.79. The zero-order chi connectivity index (χ0) is 40.8. The van der Waals surface area contributed by atoms with Crippen LogP contribution in [0.15, 0.2) is 54.7 Å². The number of fused-ring (bicyclic) bond motifs is 3. The first-order valence-corrected chi connectivity index (χ1v) is 20.0. The number of carbonyl (C=O) groups excluding carboxylic acids is 2. The number of alkyl halides is 6. The van der Waals surface area contributed by atoms with Crippen LogP contribution in [0.2, 0.25) is 5.02 Å². The molecule has 1 amide bonds. The Morgan fingerprint density at radius 3 is 2.39 bits per heavy atom. The molecule has 0 bridgehead atoms. The zero-order valence-electron chi connectivity index (χ0n) is 30.8. The van der Waals surface area contributed by atoms with Crippen molar-refractivity contribution >= 4 is 39.3 Å². The summed E-state index contributed by atoms with van der Waals surface area (Å²) in [4.78, 5) is 31.9. The van der Waals surface area contributed by atoms with E-state index in [0.29, 0.717) is 35.5 Å². The highest BCUT2D eigenvalue weighted by Crippen LogP contribution is 2.58. The van der Waals surface area contributed by atoms with E-state index in [9.17, 15) is 44.3 Å². The molecule has 3 aliphatic carbocycles. The van der Waals surface area contributed by atoms with Gasteiger partial charge in [-0.05, 0) is 128 Å². The molecule has 304 valence electrons. The molecule has 17 heteroatoms. The van der Waals surface area contributed by atoms with Crippen LogP contribution in [0.1, 0.15) is 87.1 Å². The Balaban J connectivity index is 1.37. The number of benzene rings is 2. The fraction of sp³-hybridized carbons (Fsp3) is 0.513. The third-order valence-electron chi connectivity index (χ3n) is 11.6. The minimum absolute atomic E-state index is 0.0128. The predicted molar refractivity (Wildman–Crippen MR) is 194 cm³/mol. The van der Waals surface area contributed by atoms with Gasteiger partial charge in [-0.2, -0.15) is 34.8 Å². The lowest BCUT2D eigenvalue weighted by molar-refractivity contribution is -0.174. The normalized spacial score (nSPS) is 24.2. The number of halogens is 7. The summed E-state index contributed by atoms with van der Waals surface area (Å²) in [6, 6.07) is 10.8. The standard InChI is InChI=1S/C39H41ClF6N2O7S/c1-23(22-54-32-12-17-47-31-9-4-6-24(2)33(31)32)18-26-19-25-10-11-29(55-56(51,52)39(44,45)46)21-30(25)36(26)13-15-37(16-14-36,35(50)53-3)48(34(49)38(41,42)43)28-8-5-7-27(40)20-28/h5,7-8,10-12,17,20-21,23-24,26H,4,6,9,13-16,18-19,22H2,1-3H3/t23-,24-,26+,36?,37?/m1/s1. The van der Waals surface area contributed by atoms with Crippen LogP contribution < -0.4 is 13.8 Å². The number of hydrogen-bond donors (Lipinski definition) is 0. The maximum Gasteiger partial charge on any atom is 0.534 e. The number of anilines is 1. The summed E-state index contributed by atoms with van der Waals surface area (Å²) in [6.45, 7) is 4.39. The molecule has 1 saturated carbocycles. The Kier molecular flexibility index (Phi) is 11.4. The first-order valence-electron chi connectivity index (χ1n) is 18.2. The Morgan fingerprint density at radius 2 is 1.75 bits per heavy atom. The molecule has 56 heavy (non-hydrogen) atoms. The lowest BCUT2D eigenvalue weighted by Crippen LogP contribution is -2.63. The SMILES string of the molecule is COC(=O)C1(N(C(=O)C(F)(F)F)c2cccc(Cl)c2)CCC2(CC1)c1cc(OS(=O)(=O)C(F)(F)F)ccc1C[C@@H]2C[C@@H](C)COc1ccnc2c1[C@H](C)CCC2. The number of rotatable bonds is 10. The molecule has 2 aromatic carbocycles. The van der Waals surface area contributed by atoms with Gasteiger partial charge in [0.25, 0.3) is 0 Å². The van der Waals surface area contributed by atoms with Crippen molar-refractivity contribution in [1.29, 1.82) is 0 Å². The van der Waals surface area contributed by atoms with Gasteiger partial charge in [-0.1, -0.05) is 37.6 Å². The van der Waals surface area contributed by atoms with Crippen molar-refractivity contribution in [2.24, 2.45) is 11.8 Å². The van der Waals surface area contributed by atoms with Gasteiger partial charge in [-0.25, -0.2) is 4.79 Å². The molecule has 1 spiro atoms. The molecule has 3 aromatic rings. The van der Waals surface area contributed by atoms with Crippen LogP contribution in [-0.4, -0.2) is 56.2 Å². The van der Waals surface area contributed by atoms with E-state index in [4.69, 9.17) is 21.1 Å². The molecule has 1 aromatic heterocycles. The summed E-state index contributed by atoms with van der Waals surface area (Å²) in [5, 5.41) is 0.0128. The van der Waals surface area contributed by atoms with Gasteiger partial charge in [-0.3, -0.25) is 14.7 Å². The number of methoxy groups -OCH3 is 1. The number of carbonyl (C=O) groups is 2. The first-order chi connectivity index (χ1) is 26.2. The van der Waals surface area contributed by atoms with E-state index in [-0.39, 0.29) is 54.1 Å². The molecule has 0 aliphatic heterocycles. The molecule has 0 saturated heterocycles. The van der Waals surface area contributed by atoms with Gasteiger partial charge in [-0.15, -0.1) is 0 Å². The summed E-state index contributed by atoms with van der Waals surface area (Å²) in [5.74, 6) is -3.40. The number of hydrogen-bond acceptors (Lipinski definition) is 8. The van der Waals surface area contributed by atoms with E-state index in [0.717, 1.165) is 55.5 Å². The minimum atomic E-state index is -6.03. The number of aryl methyl sites for hydroxylation is 1. The molecule has 3 atom stereocenters. The predicted octanol–water partition coefficient (Wildman–Crippen LogP) is 9.00. The van der Waals surface area contributed by atoms with Crippen LogP contribution >= 0.6 is 11.6 Å². The van der Waals surface area contributed by atoms with Crippen LogP contribution in [-0.2, 0) is 42.7 Å². The first kappa shape index (κ1) is 41.6. The van der Waals surface area contributed by atoms with Crippen molar-refractivity contribution in [2.45, 2.75) is 100 Å². The van der Waals surface area contributed by atoms with Crippen molar-refractivity contribution in [3.63, 3.8) is 0 Å². The van der Waals surface area contributed by atoms with Crippen molar-refractivity contribution < 1.29 is 58.0 Å². The molecule has 3 aliphatic rings. The molecule has 6 rings (SSSR count). The number of amides is 1. The maximum atomic E-state index is 14.3. The number of ether oxygens (including phenoxy) is 2. The second kappa shape index (κ2) is 15.4. The van der Waals surface area contributed by atoms with Gasteiger partial charge < -0.3 is 13.7 Å². The number of aromatic nitrogens is 1. The van der Waals surface area contributed by atoms with Gasteiger partial charge in [0.05, 0.1) is 13.7 Å². The summed E-state index contributed by atoms with van der Waals surface area (Å²) >= 11 is 6.15. The zero-order valence-corrected chi connectivity index (χ0v) is 32.4. The lowest BCUT2D eigenvalue weighted by Gasteiger charge is -2.51. The summed E-state index contributed by atoms with van der Waals surface area (Å²) in [5.41, 5.74) is -5.93. The lowest BCUT2D eigenvalue weighted by atomic mass is 9.59. The van der Waals surface area contributed by atoms with Gasteiger partial charge in [0.1, 0.15) is 17.0 Å². The van der Waals surface area contributed by atoms with Gasteiger partial charge >= 0.3 is 33.7 Å². The van der Waals surface area contributed by atoms with Crippen LogP contribution in [0.25, 0.3) is 0 Å². The van der Waals surface area contributed by atoms with E-state index in [1.807, 2.05) is 13.0 Å². The van der Waals surface area contributed by atoms with Gasteiger partial charge in [0.15, 0.2) is 0 Å². The van der Waals surface area contributed by atoms with Crippen LogP contribution in [0.5, 0.6) is 11.5 Å². The van der Waals surface area contributed by atoms with Crippen molar-refractivity contribution in [3.05, 3.63) is 82.1 Å². The largest absolute Gasteiger partial charge is 0.534 e. The molecule has 0 radical (unpaired) electrons. The van der Waals surface area contributed by atoms with E-state index in [2.05, 4.69) is 16.1 Å². The quantitative estimate of drug-likeness (QED) is 0.0862. The summed E-state index contributed by atoms with van der Waals surface area (Å²) in [6.07, 6.45) is -0.690. The molecular formula is C39H41ClF6N2O7S. The van der Waals surface area contributed by atoms with E-state index < -0.39 is 50.4 Å². The Morgan fingerprint density at radius 1 is 1.04 bits per heavy atom. The van der Waals surface area contributed by atoms with Crippen molar-refractivity contribution in [2.75, 3.05) is 18.6 Å². The summed E-state index contributed by atoms with van der Waals surface area (Å²) in [7, 11) is -5.03. The highest BCUT2D eigenvalue weighted by molar-refractivity contribution is 7.88. The number of pyridine rings is 1. The topological polar surface area (TPSA) is 112 Å². The molecule has 0 N–H and O–H groups in total. The number of nitrogens with zero attached hydrogens (tertiary/aromatic N) is 2. The van der Waals surface area contributed by atoms with Crippen LogP contribution in [0.3, 0.4) is 0 Å². The average Bonchev–Trinajstić information content (AvgIpc) is 3.41. The Labute approximate surface area is 325 Å². The minimum Gasteiger partial charge on any atom is -0.493 e. The maximum absolute atomic E-state index is 14.3. The molecule has 9 nitrogen and oxygen atoms in total. The van der Waals surface area contributed by atoms with Crippen molar-refractivity contribution in [1.82, 2.24) is 4.98 Å². The molecule has 1 fully saturated rings. The highest BCUT2D eigenvalue weighted by Gasteiger charge is 2.60. The highest BCUT2D eigenvalue weighted by atomic mass is 35.5. The third-order valence-corrected chi connectivity index (χ3v) is 12.8. The fourth-order valence-electron chi connectivity index (χ4n) is 9.06. The van der Waals surface area contributed by atoms with Crippen molar-refractivity contribution in [3.8, 4) is 11.5 Å². The van der Waals surface area contributed by atoms with E-state index in [1.165, 1.54) is 30.3 Å². The molecule has 1 heterocycles. The molecular weight excluding hydrogens is 790 g/mol. The molecule has 0 unspecified atom stereocenters. The van der Waals surface area contributed by atoms with Crippen LogP contribution in [0.4, 0.5) is 32.0 Å². The Bertz CT molecular complexity index is 2090. The van der Waals surface area contributed by atoms with E-state index >= 15 is 0 Å². The second-order valence-electron chi connectivity index (χ2n) is 15.1.